The minimum Gasteiger partial charge on any atom is -0.337 e. The smallest absolute Gasteiger partial charge is 0.0946 e. The number of hydrogen-bond acceptors (Lipinski definition) is 2. The van der Waals surface area contributed by atoms with E-state index in [2.05, 4.69) is 34.9 Å². The van der Waals surface area contributed by atoms with Gasteiger partial charge in [0.2, 0.25) is 0 Å². The summed E-state index contributed by atoms with van der Waals surface area (Å²) in [5, 5.41) is 3.61. The number of nitrogens with zero attached hydrogens (tertiary/aromatic N) is 2. The lowest BCUT2D eigenvalue weighted by molar-refractivity contribution is 0.368. The second-order valence-corrected chi connectivity index (χ2v) is 4.93. The molecule has 2 rings (SSSR count). The van der Waals surface area contributed by atoms with Crippen molar-refractivity contribution in [3.8, 4) is 0 Å². The third-order valence-corrected chi connectivity index (χ3v) is 3.47. The van der Waals surface area contributed by atoms with Gasteiger partial charge in [0, 0.05) is 36.9 Å². The maximum atomic E-state index is 4.09. The third-order valence-electron chi connectivity index (χ3n) is 3.47. The lowest BCUT2D eigenvalue weighted by atomic mass is 10.1. The van der Waals surface area contributed by atoms with Gasteiger partial charge < -0.3 is 9.88 Å². The van der Waals surface area contributed by atoms with Crippen molar-refractivity contribution in [2.45, 2.75) is 45.7 Å². The van der Waals surface area contributed by atoms with Crippen LogP contribution in [0.25, 0.3) is 0 Å². The molecule has 1 fully saturated rings. The molecule has 1 heterocycles. The molecule has 1 aliphatic rings. The maximum Gasteiger partial charge on any atom is 0.0946 e. The van der Waals surface area contributed by atoms with E-state index in [1.165, 1.54) is 19.3 Å². The summed E-state index contributed by atoms with van der Waals surface area (Å²) in [6.07, 6.45) is 9.76. The standard InChI is InChI=1S/C12H21N3/c1-3-11(2)14-8-12(4-5-12)9-15-7-6-13-10-15/h6-7,10-11,14H,3-5,8-9H2,1-2H3. The van der Waals surface area contributed by atoms with Crippen molar-refractivity contribution >= 4 is 0 Å². The van der Waals surface area contributed by atoms with Crippen LogP contribution >= 0.6 is 0 Å². The fraction of sp³-hybridized carbons (Fsp3) is 0.750. The van der Waals surface area contributed by atoms with Crippen LogP contribution in [0, 0.1) is 5.41 Å². The van der Waals surface area contributed by atoms with E-state index in [0.717, 1.165) is 13.1 Å². The lowest BCUT2D eigenvalue weighted by Crippen LogP contribution is -2.33. The topological polar surface area (TPSA) is 29.9 Å². The maximum absolute atomic E-state index is 4.09. The predicted molar refractivity (Wildman–Crippen MR) is 61.6 cm³/mol. The summed E-state index contributed by atoms with van der Waals surface area (Å²) in [4.78, 5) is 4.09. The SMILES string of the molecule is CCC(C)NCC1(Cn2ccnc2)CC1. The number of rotatable bonds is 6. The van der Waals surface area contributed by atoms with E-state index in [0.29, 0.717) is 11.5 Å². The minimum atomic E-state index is 0.518. The molecule has 84 valence electrons. The Kier molecular flexibility index (Phi) is 3.10. The first-order valence-corrected chi connectivity index (χ1v) is 5.93. The molecule has 0 bridgehead atoms. The first-order chi connectivity index (χ1) is 7.24. The Morgan fingerprint density at radius 2 is 2.33 bits per heavy atom. The van der Waals surface area contributed by atoms with Gasteiger partial charge in [0.05, 0.1) is 6.33 Å². The van der Waals surface area contributed by atoms with Crippen LogP contribution in [-0.2, 0) is 6.54 Å². The average Bonchev–Trinajstić information content (AvgIpc) is 2.81. The molecule has 1 aliphatic carbocycles. The number of nitrogens with one attached hydrogen (secondary N) is 1. The fourth-order valence-corrected chi connectivity index (χ4v) is 1.87. The minimum absolute atomic E-state index is 0.518. The van der Waals surface area contributed by atoms with Crippen molar-refractivity contribution in [1.82, 2.24) is 14.9 Å². The molecule has 1 aromatic heterocycles. The number of imidazole rings is 1. The zero-order valence-electron chi connectivity index (χ0n) is 9.74. The van der Waals surface area contributed by atoms with Crippen molar-refractivity contribution in [3.05, 3.63) is 18.7 Å². The van der Waals surface area contributed by atoms with Gasteiger partial charge in [-0.05, 0) is 26.2 Å². The Labute approximate surface area is 91.9 Å². The van der Waals surface area contributed by atoms with Crippen LogP contribution < -0.4 is 5.32 Å². The monoisotopic (exact) mass is 207 g/mol. The van der Waals surface area contributed by atoms with Crippen LogP contribution in [0.1, 0.15) is 33.1 Å². The molecule has 3 heteroatoms. The summed E-state index contributed by atoms with van der Waals surface area (Å²) >= 11 is 0. The van der Waals surface area contributed by atoms with Crippen LogP contribution in [0.3, 0.4) is 0 Å². The van der Waals surface area contributed by atoms with E-state index < -0.39 is 0 Å². The van der Waals surface area contributed by atoms with Gasteiger partial charge in [0.25, 0.3) is 0 Å². The Hall–Kier alpha value is -0.830. The van der Waals surface area contributed by atoms with Crippen molar-refractivity contribution in [3.63, 3.8) is 0 Å². The van der Waals surface area contributed by atoms with Crippen molar-refractivity contribution in [2.75, 3.05) is 6.54 Å². The highest BCUT2D eigenvalue weighted by atomic mass is 15.0. The van der Waals surface area contributed by atoms with Gasteiger partial charge in [-0.1, -0.05) is 6.92 Å². The molecule has 0 aliphatic heterocycles. The van der Waals surface area contributed by atoms with E-state index in [-0.39, 0.29) is 0 Å². The molecule has 0 spiro atoms. The second kappa shape index (κ2) is 4.35. The molecule has 0 aromatic carbocycles. The van der Waals surface area contributed by atoms with Gasteiger partial charge in [-0.2, -0.15) is 0 Å². The normalized spacial score (nSPS) is 20.1. The Balaban J connectivity index is 1.81. The van der Waals surface area contributed by atoms with Gasteiger partial charge in [-0.15, -0.1) is 0 Å². The summed E-state index contributed by atoms with van der Waals surface area (Å²) in [7, 11) is 0. The average molecular weight is 207 g/mol. The molecular formula is C12H21N3. The molecule has 0 radical (unpaired) electrons. The van der Waals surface area contributed by atoms with Gasteiger partial charge in [-0.25, -0.2) is 4.98 Å². The van der Waals surface area contributed by atoms with E-state index in [1.807, 2.05) is 12.5 Å². The summed E-state index contributed by atoms with van der Waals surface area (Å²) in [5.41, 5.74) is 0.518. The van der Waals surface area contributed by atoms with Crippen molar-refractivity contribution in [1.29, 1.82) is 0 Å². The first-order valence-electron chi connectivity index (χ1n) is 5.93. The molecule has 1 atom stereocenters. The van der Waals surface area contributed by atoms with Crippen LogP contribution in [0.15, 0.2) is 18.7 Å². The Morgan fingerprint density at radius 1 is 1.53 bits per heavy atom. The van der Waals surface area contributed by atoms with Gasteiger partial charge in [0.15, 0.2) is 0 Å². The van der Waals surface area contributed by atoms with E-state index >= 15 is 0 Å². The van der Waals surface area contributed by atoms with Gasteiger partial charge >= 0.3 is 0 Å². The quantitative estimate of drug-likeness (QED) is 0.773. The Morgan fingerprint density at radius 3 is 2.87 bits per heavy atom. The highest BCUT2D eigenvalue weighted by Crippen LogP contribution is 2.46. The zero-order valence-corrected chi connectivity index (χ0v) is 9.74. The number of aromatic nitrogens is 2. The molecule has 0 amide bonds. The Bertz CT molecular complexity index is 288. The summed E-state index contributed by atoms with van der Waals surface area (Å²) in [5.74, 6) is 0. The van der Waals surface area contributed by atoms with Crippen LogP contribution in [0.2, 0.25) is 0 Å². The summed E-state index contributed by atoms with van der Waals surface area (Å²) in [6.45, 7) is 6.76. The first kappa shape index (κ1) is 10.7. The van der Waals surface area contributed by atoms with Crippen molar-refractivity contribution < 1.29 is 0 Å². The third kappa shape index (κ3) is 2.81. The van der Waals surface area contributed by atoms with Gasteiger partial charge in [-0.3, -0.25) is 0 Å². The summed E-state index contributed by atoms with van der Waals surface area (Å²) < 4.78 is 2.20. The molecule has 1 N–H and O–H groups in total. The van der Waals surface area contributed by atoms with Gasteiger partial charge in [0.1, 0.15) is 0 Å². The molecule has 1 saturated carbocycles. The summed E-state index contributed by atoms with van der Waals surface area (Å²) in [6, 6.07) is 0.644. The molecule has 1 unspecified atom stereocenters. The fourth-order valence-electron chi connectivity index (χ4n) is 1.87. The zero-order chi connectivity index (χ0) is 10.7. The molecule has 1 aromatic rings. The van der Waals surface area contributed by atoms with Crippen LogP contribution in [0.4, 0.5) is 0 Å². The van der Waals surface area contributed by atoms with E-state index in [9.17, 15) is 0 Å². The molecular weight excluding hydrogens is 186 g/mol. The highest BCUT2D eigenvalue weighted by Gasteiger charge is 2.42. The van der Waals surface area contributed by atoms with Crippen molar-refractivity contribution in [2.24, 2.45) is 5.41 Å². The van der Waals surface area contributed by atoms with E-state index in [4.69, 9.17) is 0 Å². The highest BCUT2D eigenvalue weighted by molar-refractivity contribution is 4.96. The largest absolute Gasteiger partial charge is 0.337 e. The molecule has 15 heavy (non-hydrogen) atoms. The molecule has 0 saturated heterocycles. The van der Waals surface area contributed by atoms with E-state index in [1.54, 1.807) is 0 Å². The molecule has 3 nitrogen and oxygen atoms in total. The lowest BCUT2D eigenvalue weighted by Gasteiger charge is -2.19. The second-order valence-electron chi connectivity index (χ2n) is 4.93. The predicted octanol–water partition coefficient (Wildman–Crippen LogP) is 2.05. The van der Waals surface area contributed by atoms with Crippen LogP contribution in [-0.4, -0.2) is 22.1 Å². The van der Waals surface area contributed by atoms with Crippen LogP contribution in [0.5, 0.6) is 0 Å². The number of hydrogen-bond donors (Lipinski definition) is 1.